The van der Waals surface area contributed by atoms with Gasteiger partial charge in [-0.25, -0.2) is 0 Å². The van der Waals surface area contributed by atoms with Crippen LogP contribution in [0.3, 0.4) is 0 Å². The smallest absolute Gasteiger partial charge is 0.0940 e. The van der Waals surface area contributed by atoms with Crippen molar-refractivity contribution >= 4 is 0 Å². The standard InChI is InChI=1S/C12H24O2/c1-4-11(13)12(14-5-2)8-6-10(3)7-9-12/h10-11,13H,4-9H2,1-3H3. The largest absolute Gasteiger partial charge is 0.390 e. The van der Waals surface area contributed by atoms with E-state index in [1.165, 1.54) is 12.8 Å². The van der Waals surface area contributed by atoms with Gasteiger partial charge in [0, 0.05) is 6.61 Å². The summed E-state index contributed by atoms with van der Waals surface area (Å²) in [5, 5.41) is 10.0. The topological polar surface area (TPSA) is 29.5 Å². The van der Waals surface area contributed by atoms with Gasteiger partial charge in [0.15, 0.2) is 0 Å². The normalized spacial score (nSPS) is 35.6. The van der Waals surface area contributed by atoms with E-state index >= 15 is 0 Å². The summed E-state index contributed by atoms with van der Waals surface area (Å²) in [5.41, 5.74) is -0.226. The minimum atomic E-state index is -0.282. The van der Waals surface area contributed by atoms with E-state index < -0.39 is 0 Å². The quantitative estimate of drug-likeness (QED) is 0.756. The molecule has 1 fully saturated rings. The maximum absolute atomic E-state index is 10.0. The minimum Gasteiger partial charge on any atom is -0.390 e. The van der Waals surface area contributed by atoms with Crippen LogP contribution in [0, 0.1) is 5.92 Å². The molecule has 1 atom stereocenters. The monoisotopic (exact) mass is 200 g/mol. The van der Waals surface area contributed by atoms with Crippen molar-refractivity contribution in [2.24, 2.45) is 5.92 Å². The molecule has 0 bridgehead atoms. The lowest BCUT2D eigenvalue weighted by Crippen LogP contribution is -2.47. The van der Waals surface area contributed by atoms with E-state index in [4.69, 9.17) is 4.74 Å². The molecule has 0 heterocycles. The second kappa shape index (κ2) is 5.13. The van der Waals surface area contributed by atoms with E-state index in [1.807, 2.05) is 13.8 Å². The van der Waals surface area contributed by atoms with Crippen LogP contribution in [-0.2, 0) is 4.74 Å². The lowest BCUT2D eigenvalue weighted by molar-refractivity contribution is -0.144. The van der Waals surface area contributed by atoms with Gasteiger partial charge in [0.05, 0.1) is 11.7 Å². The van der Waals surface area contributed by atoms with Crippen LogP contribution < -0.4 is 0 Å². The fourth-order valence-corrected chi connectivity index (χ4v) is 2.48. The third kappa shape index (κ3) is 2.48. The summed E-state index contributed by atoms with van der Waals surface area (Å²) >= 11 is 0. The molecule has 2 heteroatoms. The van der Waals surface area contributed by atoms with Crippen LogP contribution in [0.25, 0.3) is 0 Å². The molecule has 0 aromatic rings. The van der Waals surface area contributed by atoms with Crippen molar-refractivity contribution in [1.82, 2.24) is 0 Å². The van der Waals surface area contributed by atoms with Gasteiger partial charge in [-0.1, -0.05) is 13.8 Å². The molecule has 1 unspecified atom stereocenters. The van der Waals surface area contributed by atoms with Crippen molar-refractivity contribution in [2.75, 3.05) is 6.61 Å². The number of ether oxygens (including phenoxy) is 1. The fraction of sp³-hybridized carbons (Fsp3) is 1.00. The molecule has 1 rings (SSSR count). The SMILES string of the molecule is CCOC1(C(O)CC)CCC(C)CC1. The van der Waals surface area contributed by atoms with E-state index in [0.29, 0.717) is 6.61 Å². The maximum Gasteiger partial charge on any atom is 0.0940 e. The van der Waals surface area contributed by atoms with Gasteiger partial charge in [0.25, 0.3) is 0 Å². The van der Waals surface area contributed by atoms with Crippen molar-refractivity contribution in [3.8, 4) is 0 Å². The third-order valence-electron chi connectivity index (χ3n) is 3.55. The first kappa shape index (κ1) is 12.0. The zero-order valence-corrected chi connectivity index (χ0v) is 9.75. The molecule has 0 aromatic carbocycles. The molecule has 2 nitrogen and oxygen atoms in total. The number of hydrogen-bond donors (Lipinski definition) is 1. The summed E-state index contributed by atoms with van der Waals surface area (Å²) in [6.45, 7) is 7.05. The van der Waals surface area contributed by atoms with Crippen LogP contribution in [0.2, 0.25) is 0 Å². The van der Waals surface area contributed by atoms with Crippen molar-refractivity contribution in [3.63, 3.8) is 0 Å². The molecule has 84 valence electrons. The van der Waals surface area contributed by atoms with Crippen LogP contribution >= 0.6 is 0 Å². The number of aliphatic hydroxyl groups is 1. The Bertz CT molecular complexity index is 160. The molecule has 0 radical (unpaired) electrons. The summed E-state index contributed by atoms with van der Waals surface area (Å²) in [6.07, 6.45) is 4.95. The van der Waals surface area contributed by atoms with E-state index in [-0.39, 0.29) is 11.7 Å². The number of aliphatic hydroxyl groups excluding tert-OH is 1. The molecule has 1 aliphatic carbocycles. The summed E-state index contributed by atoms with van der Waals surface area (Å²) in [5.74, 6) is 0.799. The number of rotatable bonds is 4. The van der Waals surface area contributed by atoms with E-state index in [0.717, 1.165) is 25.2 Å². The van der Waals surface area contributed by atoms with Gasteiger partial charge in [0.2, 0.25) is 0 Å². The lowest BCUT2D eigenvalue weighted by atomic mass is 9.75. The first-order chi connectivity index (χ1) is 6.64. The van der Waals surface area contributed by atoms with E-state index in [2.05, 4.69) is 6.92 Å². The van der Waals surface area contributed by atoms with Crippen molar-refractivity contribution in [3.05, 3.63) is 0 Å². The summed E-state index contributed by atoms with van der Waals surface area (Å²) < 4.78 is 5.82. The van der Waals surface area contributed by atoms with Gasteiger partial charge in [0.1, 0.15) is 0 Å². The molecule has 0 spiro atoms. The Hall–Kier alpha value is -0.0800. The van der Waals surface area contributed by atoms with Gasteiger partial charge in [-0.3, -0.25) is 0 Å². The highest BCUT2D eigenvalue weighted by Gasteiger charge is 2.40. The molecular formula is C12H24O2. The summed E-state index contributed by atoms with van der Waals surface area (Å²) in [7, 11) is 0. The van der Waals surface area contributed by atoms with Crippen LogP contribution in [0.5, 0.6) is 0 Å². The van der Waals surface area contributed by atoms with Crippen LogP contribution in [0.15, 0.2) is 0 Å². The lowest BCUT2D eigenvalue weighted by Gasteiger charge is -2.42. The van der Waals surface area contributed by atoms with Crippen LogP contribution in [0.1, 0.15) is 52.9 Å². The molecule has 1 saturated carbocycles. The van der Waals surface area contributed by atoms with Crippen LogP contribution in [0.4, 0.5) is 0 Å². The van der Waals surface area contributed by atoms with Crippen molar-refractivity contribution in [2.45, 2.75) is 64.6 Å². The Labute approximate surface area is 87.7 Å². The van der Waals surface area contributed by atoms with Gasteiger partial charge in [-0.15, -0.1) is 0 Å². The molecule has 0 amide bonds. The Kier molecular flexibility index (Phi) is 4.39. The highest BCUT2D eigenvalue weighted by atomic mass is 16.5. The average molecular weight is 200 g/mol. The molecule has 0 aromatic heterocycles. The summed E-state index contributed by atoms with van der Waals surface area (Å²) in [6, 6.07) is 0. The predicted octanol–water partition coefficient (Wildman–Crippen LogP) is 2.74. The Morgan fingerprint density at radius 1 is 1.36 bits per heavy atom. The second-order valence-corrected chi connectivity index (χ2v) is 4.60. The molecule has 0 aliphatic heterocycles. The Morgan fingerprint density at radius 3 is 2.36 bits per heavy atom. The zero-order valence-electron chi connectivity index (χ0n) is 9.75. The molecule has 0 saturated heterocycles. The van der Waals surface area contributed by atoms with Crippen molar-refractivity contribution in [1.29, 1.82) is 0 Å². The van der Waals surface area contributed by atoms with Gasteiger partial charge < -0.3 is 9.84 Å². The first-order valence-electron chi connectivity index (χ1n) is 5.96. The first-order valence-corrected chi connectivity index (χ1v) is 5.96. The fourth-order valence-electron chi connectivity index (χ4n) is 2.48. The van der Waals surface area contributed by atoms with Gasteiger partial charge >= 0.3 is 0 Å². The average Bonchev–Trinajstić information content (AvgIpc) is 2.21. The predicted molar refractivity (Wildman–Crippen MR) is 58.3 cm³/mol. The number of hydrogen-bond acceptors (Lipinski definition) is 2. The van der Waals surface area contributed by atoms with Gasteiger partial charge in [-0.05, 0) is 44.9 Å². The van der Waals surface area contributed by atoms with E-state index in [1.54, 1.807) is 0 Å². The highest BCUT2D eigenvalue weighted by Crippen LogP contribution is 2.38. The third-order valence-corrected chi connectivity index (χ3v) is 3.55. The zero-order chi connectivity index (χ0) is 10.6. The minimum absolute atomic E-state index is 0.226. The molecule has 1 N–H and O–H groups in total. The Morgan fingerprint density at radius 2 is 1.93 bits per heavy atom. The molecule has 14 heavy (non-hydrogen) atoms. The van der Waals surface area contributed by atoms with E-state index in [9.17, 15) is 5.11 Å². The second-order valence-electron chi connectivity index (χ2n) is 4.60. The maximum atomic E-state index is 10.0. The highest BCUT2D eigenvalue weighted by molar-refractivity contribution is 4.92. The molecular weight excluding hydrogens is 176 g/mol. The molecule has 1 aliphatic rings. The summed E-state index contributed by atoms with van der Waals surface area (Å²) in [4.78, 5) is 0. The van der Waals surface area contributed by atoms with Crippen molar-refractivity contribution < 1.29 is 9.84 Å². The van der Waals surface area contributed by atoms with Gasteiger partial charge in [-0.2, -0.15) is 0 Å². The Balaban J connectivity index is 2.62. The van der Waals surface area contributed by atoms with Crippen LogP contribution in [-0.4, -0.2) is 23.4 Å².